The molecule has 0 unspecified atom stereocenters. The molecule has 104 valence electrons. The normalized spacial score (nSPS) is 15.4. The lowest BCUT2D eigenvalue weighted by Gasteiger charge is -2.37. The molecule has 1 saturated heterocycles. The number of nitrogens with zero attached hydrogens (tertiary/aromatic N) is 4. The van der Waals surface area contributed by atoms with Gasteiger partial charge in [0.05, 0.1) is 17.6 Å². The van der Waals surface area contributed by atoms with Gasteiger partial charge in [-0.1, -0.05) is 0 Å². The van der Waals surface area contributed by atoms with Crippen LogP contribution in [0.1, 0.15) is 0 Å². The molecule has 2 N–H and O–H groups in total. The van der Waals surface area contributed by atoms with Crippen LogP contribution in [0.3, 0.4) is 0 Å². The van der Waals surface area contributed by atoms with Crippen molar-refractivity contribution in [3.63, 3.8) is 0 Å². The molecule has 1 fully saturated rings. The summed E-state index contributed by atoms with van der Waals surface area (Å²) >= 11 is 0. The van der Waals surface area contributed by atoms with E-state index in [4.69, 9.17) is 5.73 Å². The summed E-state index contributed by atoms with van der Waals surface area (Å²) in [6.07, 6.45) is 5.00. The number of piperazine rings is 1. The molecular weight excluding hydrogens is 257 g/mol. The number of halogens is 1. The van der Waals surface area contributed by atoms with Crippen LogP contribution in [0, 0.1) is 5.82 Å². The smallest absolute Gasteiger partial charge is 0.165 e. The number of hydrogen-bond acceptors (Lipinski definition) is 5. The maximum Gasteiger partial charge on any atom is 0.165 e. The van der Waals surface area contributed by atoms with Crippen molar-refractivity contribution in [1.82, 2.24) is 9.97 Å². The van der Waals surface area contributed by atoms with Crippen LogP contribution in [-0.4, -0.2) is 36.1 Å². The van der Waals surface area contributed by atoms with E-state index in [9.17, 15) is 4.39 Å². The monoisotopic (exact) mass is 273 g/mol. The van der Waals surface area contributed by atoms with Gasteiger partial charge in [-0.2, -0.15) is 0 Å². The fourth-order valence-electron chi connectivity index (χ4n) is 2.46. The number of aromatic nitrogens is 2. The third kappa shape index (κ3) is 2.36. The summed E-state index contributed by atoms with van der Waals surface area (Å²) in [4.78, 5) is 12.3. The van der Waals surface area contributed by atoms with Crippen LogP contribution >= 0.6 is 0 Å². The molecule has 0 amide bonds. The Morgan fingerprint density at radius 1 is 1.05 bits per heavy atom. The summed E-state index contributed by atoms with van der Waals surface area (Å²) in [6, 6.07) is 4.95. The number of nitrogens with two attached hydrogens (primary N) is 1. The molecule has 0 aliphatic carbocycles. The van der Waals surface area contributed by atoms with Gasteiger partial charge in [0.1, 0.15) is 0 Å². The van der Waals surface area contributed by atoms with Crippen LogP contribution in [0.5, 0.6) is 0 Å². The molecule has 0 atom stereocenters. The molecule has 0 bridgehead atoms. The molecule has 0 spiro atoms. The average molecular weight is 273 g/mol. The van der Waals surface area contributed by atoms with Crippen molar-refractivity contribution in [2.45, 2.75) is 0 Å². The van der Waals surface area contributed by atoms with E-state index in [1.54, 1.807) is 24.7 Å². The van der Waals surface area contributed by atoms with E-state index in [1.165, 1.54) is 6.07 Å². The molecule has 1 aliphatic heterocycles. The second-order valence-electron chi connectivity index (χ2n) is 4.72. The van der Waals surface area contributed by atoms with Gasteiger partial charge in [0, 0.05) is 38.6 Å². The van der Waals surface area contributed by atoms with Gasteiger partial charge < -0.3 is 15.5 Å². The summed E-state index contributed by atoms with van der Waals surface area (Å²) in [5, 5.41) is 0. The van der Waals surface area contributed by atoms with E-state index in [2.05, 4.69) is 14.9 Å². The summed E-state index contributed by atoms with van der Waals surface area (Å²) in [5.41, 5.74) is 7.59. The van der Waals surface area contributed by atoms with Gasteiger partial charge in [0.25, 0.3) is 0 Å². The van der Waals surface area contributed by atoms with E-state index < -0.39 is 0 Å². The minimum absolute atomic E-state index is 0.274. The molecule has 3 rings (SSSR count). The highest BCUT2D eigenvalue weighted by molar-refractivity contribution is 5.66. The zero-order chi connectivity index (χ0) is 13.9. The van der Waals surface area contributed by atoms with Gasteiger partial charge in [0.15, 0.2) is 11.6 Å². The first-order chi connectivity index (χ1) is 9.75. The molecule has 2 aromatic rings. The summed E-state index contributed by atoms with van der Waals surface area (Å²) in [5.74, 6) is 0.152. The molecule has 20 heavy (non-hydrogen) atoms. The van der Waals surface area contributed by atoms with Crippen LogP contribution in [-0.2, 0) is 0 Å². The van der Waals surface area contributed by atoms with E-state index in [1.807, 2.05) is 11.0 Å². The summed E-state index contributed by atoms with van der Waals surface area (Å²) in [6.45, 7) is 3.00. The molecule has 0 radical (unpaired) electrons. The van der Waals surface area contributed by atoms with Crippen LogP contribution in [0.4, 0.5) is 21.6 Å². The SMILES string of the molecule is Nc1cnccc1N1CCN(c2ncccc2F)CC1. The summed E-state index contributed by atoms with van der Waals surface area (Å²) < 4.78 is 13.7. The first-order valence-corrected chi connectivity index (χ1v) is 6.55. The fraction of sp³-hybridized carbons (Fsp3) is 0.286. The minimum atomic E-state index is -0.274. The fourth-order valence-corrected chi connectivity index (χ4v) is 2.46. The van der Waals surface area contributed by atoms with Crippen molar-refractivity contribution in [3.8, 4) is 0 Å². The molecule has 0 aromatic carbocycles. The molecule has 3 heterocycles. The van der Waals surface area contributed by atoms with Crippen LogP contribution < -0.4 is 15.5 Å². The number of rotatable bonds is 2. The van der Waals surface area contributed by atoms with Crippen molar-refractivity contribution in [2.24, 2.45) is 0 Å². The Morgan fingerprint density at radius 2 is 1.80 bits per heavy atom. The van der Waals surface area contributed by atoms with Crippen molar-refractivity contribution in [3.05, 3.63) is 42.6 Å². The van der Waals surface area contributed by atoms with Crippen LogP contribution in [0.25, 0.3) is 0 Å². The summed E-state index contributed by atoms with van der Waals surface area (Å²) in [7, 11) is 0. The average Bonchev–Trinajstić information content (AvgIpc) is 2.49. The van der Waals surface area contributed by atoms with Gasteiger partial charge in [-0.25, -0.2) is 9.37 Å². The number of nitrogen functional groups attached to an aromatic ring is 1. The quantitative estimate of drug-likeness (QED) is 0.899. The lowest BCUT2D eigenvalue weighted by Crippen LogP contribution is -2.47. The van der Waals surface area contributed by atoms with E-state index in [0.29, 0.717) is 11.5 Å². The van der Waals surface area contributed by atoms with Gasteiger partial charge in [-0.05, 0) is 18.2 Å². The van der Waals surface area contributed by atoms with Crippen LogP contribution in [0.2, 0.25) is 0 Å². The number of anilines is 3. The Balaban J connectivity index is 1.72. The van der Waals surface area contributed by atoms with E-state index >= 15 is 0 Å². The van der Waals surface area contributed by atoms with Crippen molar-refractivity contribution < 1.29 is 4.39 Å². The second-order valence-corrected chi connectivity index (χ2v) is 4.72. The van der Waals surface area contributed by atoms with Crippen LogP contribution in [0.15, 0.2) is 36.8 Å². The third-order valence-electron chi connectivity index (χ3n) is 3.49. The number of pyridine rings is 2. The largest absolute Gasteiger partial charge is 0.396 e. The van der Waals surface area contributed by atoms with Crippen molar-refractivity contribution >= 4 is 17.2 Å². The zero-order valence-corrected chi connectivity index (χ0v) is 11.0. The molecule has 0 saturated carbocycles. The first kappa shape index (κ1) is 12.7. The highest BCUT2D eigenvalue weighted by Gasteiger charge is 2.21. The molecule has 5 nitrogen and oxygen atoms in total. The second kappa shape index (κ2) is 5.32. The topological polar surface area (TPSA) is 58.3 Å². The maximum absolute atomic E-state index is 13.7. The Kier molecular flexibility index (Phi) is 3.37. The van der Waals surface area contributed by atoms with Gasteiger partial charge in [-0.3, -0.25) is 4.98 Å². The predicted molar refractivity (Wildman–Crippen MR) is 77.3 cm³/mol. The Labute approximate surface area is 116 Å². The lowest BCUT2D eigenvalue weighted by atomic mass is 10.2. The Bertz CT molecular complexity index is 542. The Morgan fingerprint density at radius 3 is 2.50 bits per heavy atom. The van der Waals surface area contributed by atoms with Gasteiger partial charge in [-0.15, -0.1) is 0 Å². The molecule has 1 aliphatic rings. The third-order valence-corrected chi connectivity index (χ3v) is 3.49. The van der Waals surface area contributed by atoms with E-state index in [-0.39, 0.29) is 5.82 Å². The highest BCUT2D eigenvalue weighted by Crippen LogP contribution is 2.24. The lowest BCUT2D eigenvalue weighted by molar-refractivity contribution is 0.589. The van der Waals surface area contributed by atoms with Gasteiger partial charge >= 0.3 is 0 Å². The van der Waals surface area contributed by atoms with Gasteiger partial charge in [0.2, 0.25) is 0 Å². The van der Waals surface area contributed by atoms with E-state index in [0.717, 1.165) is 31.9 Å². The Hall–Kier alpha value is -2.37. The molecular formula is C14H16FN5. The minimum Gasteiger partial charge on any atom is -0.396 e. The molecule has 2 aromatic heterocycles. The first-order valence-electron chi connectivity index (χ1n) is 6.55. The number of hydrogen-bond donors (Lipinski definition) is 1. The predicted octanol–water partition coefficient (Wildman–Crippen LogP) is 1.52. The maximum atomic E-state index is 13.7. The standard InChI is InChI=1S/C14H16FN5/c15-11-2-1-4-18-14(11)20-8-6-19(7-9-20)13-3-5-17-10-12(13)16/h1-5,10H,6-9,16H2. The van der Waals surface area contributed by atoms with Crippen molar-refractivity contribution in [1.29, 1.82) is 0 Å². The molecule has 6 heteroatoms. The zero-order valence-electron chi connectivity index (χ0n) is 11.0. The highest BCUT2D eigenvalue weighted by atomic mass is 19.1. The van der Waals surface area contributed by atoms with Crippen molar-refractivity contribution in [2.75, 3.05) is 41.7 Å².